The van der Waals surface area contributed by atoms with E-state index in [0.717, 1.165) is 42.9 Å². The van der Waals surface area contributed by atoms with Crippen LogP contribution < -0.4 is 15.0 Å². The normalized spacial score (nSPS) is 13.5. The van der Waals surface area contributed by atoms with E-state index in [0.29, 0.717) is 5.69 Å². The van der Waals surface area contributed by atoms with Crippen LogP contribution in [0.15, 0.2) is 42.5 Å². The number of amides is 1. The molecule has 1 amide bonds. The first-order valence-corrected chi connectivity index (χ1v) is 8.62. The topological polar surface area (TPSA) is 78.9 Å². The van der Waals surface area contributed by atoms with Gasteiger partial charge < -0.3 is 20.1 Å². The number of methoxy groups -OCH3 is 1. The number of anilines is 2. The maximum Gasteiger partial charge on any atom is 0.337 e. The van der Waals surface area contributed by atoms with Gasteiger partial charge in [-0.1, -0.05) is 12.1 Å². The summed E-state index contributed by atoms with van der Waals surface area (Å²) in [5, 5.41) is 12.2. The Hall–Kier alpha value is -3.02. The molecule has 1 saturated heterocycles. The van der Waals surface area contributed by atoms with E-state index in [-0.39, 0.29) is 17.9 Å². The predicted molar refractivity (Wildman–Crippen MR) is 100 cm³/mol. The van der Waals surface area contributed by atoms with Gasteiger partial charge in [0.05, 0.1) is 24.8 Å². The Labute approximate surface area is 152 Å². The molecule has 0 atom stereocenters. The summed E-state index contributed by atoms with van der Waals surface area (Å²) in [6, 6.07) is 12.4. The molecule has 0 saturated carbocycles. The van der Waals surface area contributed by atoms with Crippen LogP contribution in [0.1, 0.15) is 28.8 Å². The second kappa shape index (κ2) is 7.91. The van der Waals surface area contributed by atoms with Crippen LogP contribution in [0.4, 0.5) is 11.4 Å². The van der Waals surface area contributed by atoms with Gasteiger partial charge in [0, 0.05) is 18.8 Å². The van der Waals surface area contributed by atoms with Crippen molar-refractivity contribution in [2.75, 3.05) is 30.4 Å². The number of carboxylic acids is 1. The minimum Gasteiger partial charge on any atom is -0.497 e. The molecule has 2 N–H and O–H groups in total. The summed E-state index contributed by atoms with van der Waals surface area (Å²) < 4.78 is 5.10. The van der Waals surface area contributed by atoms with Gasteiger partial charge in [-0.2, -0.15) is 0 Å². The molecular formula is C20H22N2O4. The van der Waals surface area contributed by atoms with Crippen molar-refractivity contribution in [2.24, 2.45) is 0 Å². The molecule has 0 spiro atoms. The van der Waals surface area contributed by atoms with E-state index in [9.17, 15) is 14.7 Å². The van der Waals surface area contributed by atoms with Crippen molar-refractivity contribution in [3.8, 4) is 5.75 Å². The monoisotopic (exact) mass is 354 g/mol. The second-order valence-electron chi connectivity index (χ2n) is 6.30. The molecule has 0 aliphatic carbocycles. The molecule has 136 valence electrons. The Morgan fingerprint density at radius 1 is 1.12 bits per heavy atom. The van der Waals surface area contributed by atoms with Gasteiger partial charge in [-0.3, -0.25) is 4.79 Å². The number of carbonyl (C=O) groups excluding carboxylic acids is 1. The zero-order chi connectivity index (χ0) is 18.5. The lowest BCUT2D eigenvalue weighted by atomic mass is 10.1. The van der Waals surface area contributed by atoms with Crippen molar-refractivity contribution in [1.82, 2.24) is 0 Å². The SMILES string of the molecule is COc1ccc(CC(=O)Nc2ccc(N3CCCC3)cc2C(=O)O)cc1. The highest BCUT2D eigenvalue weighted by atomic mass is 16.5. The Bertz CT molecular complexity index is 796. The number of ether oxygens (including phenoxy) is 1. The van der Waals surface area contributed by atoms with Crippen LogP contribution in [0.5, 0.6) is 5.75 Å². The number of aromatic carboxylic acids is 1. The molecular weight excluding hydrogens is 332 g/mol. The largest absolute Gasteiger partial charge is 0.497 e. The van der Waals surface area contributed by atoms with Gasteiger partial charge in [0.25, 0.3) is 0 Å². The number of hydrogen-bond donors (Lipinski definition) is 2. The molecule has 0 radical (unpaired) electrons. The van der Waals surface area contributed by atoms with E-state index in [1.54, 1.807) is 31.4 Å². The zero-order valence-corrected chi connectivity index (χ0v) is 14.7. The standard InChI is InChI=1S/C20H22N2O4/c1-26-16-7-4-14(5-8-16)12-19(23)21-18-9-6-15(13-17(18)20(24)25)22-10-2-3-11-22/h4-9,13H,2-3,10-12H2,1H3,(H,21,23)(H,24,25). The van der Waals surface area contributed by atoms with Gasteiger partial charge >= 0.3 is 5.97 Å². The number of rotatable bonds is 6. The molecule has 1 fully saturated rings. The summed E-state index contributed by atoms with van der Waals surface area (Å²) in [7, 11) is 1.58. The van der Waals surface area contributed by atoms with Gasteiger partial charge in [-0.15, -0.1) is 0 Å². The molecule has 6 heteroatoms. The zero-order valence-electron chi connectivity index (χ0n) is 14.7. The lowest BCUT2D eigenvalue weighted by Crippen LogP contribution is -2.20. The fourth-order valence-corrected chi connectivity index (χ4v) is 3.11. The number of nitrogens with zero attached hydrogens (tertiary/aromatic N) is 1. The third-order valence-corrected chi connectivity index (χ3v) is 4.50. The quantitative estimate of drug-likeness (QED) is 0.833. The van der Waals surface area contributed by atoms with E-state index < -0.39 is 5.97 Å². The highest BCUT2D eigenvalue weighted by Gasteiger charge is 2.18. The first-order valence-electron chi connectivity index (χ1n) is 8.62. The van der Waals surface area contributed by atoms with Gasteiger partial charge in [0.15, 0.2) is 0 Å². The fourth-order valence-electron chi connectivity index (χ4n) is 3.11. The summed E-state index contributed by atoms with van der Waals surface area (Å²) in [4.78, 5) is 26.1. The molecule has 1 aliphatic heterocycles. The van der Waals surface area contributed by atoms with Crippen LogP contribution in [-0.2, 0) is 11.2 Å². The Morgan fingerprint density at radius 3 is 2.42 bits per heavy atom. The molecule has 2 aromatic carbocycles. The summed E-state index contributed by atoms with van der Waals surface area (Å²) in [6.45, 7) is 1.87. The summed E-state index contributed by atoms with van der Waals surface area (Å²) in [5.74, 6) is -0.586. The minimum atomic E-state index is -1.05. The number of carboxylic acid groups (broad SMARTS) is 1. The van der Waals surface area contributed by atoms with Gasteiger partial charge in [0.2, 0.25) is 5.91 Å². The van der Waals surface area contributed by atoms with Crippen molar-refractivity contribution in [1.29, 1.82) is 0 Å². The van der Waals surface area contributed by atoms with E-state index >= 15 is 0 Å². The van der Waals surface area contributed by atoms with Crippen LogP contribution in [-0.4, -0.2) is 37.2 Å². The Kier molecular flexibility index (Phi) is 5.41. The van der Waals surface area contributed by atoms with Crippen molar-refractivity contribution < 1.29 is 19.4 Å². The molecule has 0 unspecified atom stereocenters. The Balaban J connectivity index is 1.72. The van der Waals surface area contributed by atoms with Gasteiger partial charge in [0.1, 0.15) is 5.75 Å². The first-order chi connectivity index (χ1) is 12.6. The average Bonchev–Trinajstić information content (AvgIpc) is 3.17. The van der Waals surface area contributed by atoms with Crippen LogP contribution in [0.3, 0.4) is 0 Å². The second-order valence-corrected chi connectivity index (χ2v) is 6.30. The molecule has 26 heavy (non-hydrogen) atoms. The van der Waals surface area contributed by atoms with Gasteiger partial charge in [-0.25, -0.2) is 4.79 Å². The van der Waals surface area contributed by atoms with Crippen LogP contribution in [0, 0.1) is 0 Å². The third kappa shape index (κ3) is 4.14. The van der Waals surface area contributed by atoms with Crippen molar-refractivity contribution in [3.05, 3.63) is 53.6 Å². The van der Waals surface area contributed by atoms with E-state index in [1.165, 1.54) is 0 Å². The highest BCUT2D eigenvalue weighted by Crippen LogP contribution is 2.26. The molecule has 2 aromatic rings. The van der Waals surface area contributed by atoms with Crippen molar-refractivity contribution >= 4 is 23.3 Å². The lowest BCUT2D eigenvalue weighted by Gasteiger charge is -2.19. The maximum absolute atomic E-state index is 12.3. The average molecular weight is 354 g/mol. The molecule has 6 nitrogen and oxygen atoms in total. The van der Waals surface area contributed by atoms with Crippen molar-refractivity contribution in [3.63, 3.8) is 0 Å². The molecule has 1 aliphatic rings. The molecule has 0 aromatic heterocycles. The van der Waals surface area contributed by atoms with Crippen LogP contribution >= 0.6 is 0 Å². The number of carbonyl (C=O) groups is 2. The van der Waals surface area contributed by atoms with Crippen molar-refractivity contribution in [2.45, 2.75) is 19.3 Å². The molecule has 3 rings (SSSR count). The molecule has 1 heterocycles. The van der Waals surface area contributed by atoms with E-state index in [2.05, 4.69) is 10.2 Å². The number of benzene rings is 2. The summed E-state index contributed by atoms with van der Waals surface area (Å²) >= 11 is 0. The molecule has 0 bridgehead atoms. The number of hydrogen-bond acceptors (Lipinski definition) is 4. The summed E-state index contributed by atoms with van der Waals surface area (Å²) in [5.41, 5.74) is 2.14. The first kappa shape index (κ1) is 17.8. The number of nitrogens with one attached hydrogen (secondary N) is 1. The smallest absolute Gasteiger partial charge is 0.337 e. The van der Waals surface area contributed by atoms with Crippen LogP contribution in [0.2, 0.25) is 0 Å². The van der Waals surface area contributed by atoms with E-state index in [1.807, 2.05) is 18.2 Å². The Morgan fingerprint density at radius 2 is 1.81 bits per heavy atom. The summed E-state index contributed by atoms with van der Waals surface area (Å²) in [6.07, 6.45) is 2.39. The lowest BCUT2D eigenvalue weighted by molar-refractivity contribution is -0.115. The van der Waals surface area contributed by atoms with Gasteiger partial charge in [-0.05, 0) is 48.7 Å². The van der Waals surface area contributed by atoms with E-state index in [4.69, 9.17) is 4.74 Å². The predicted octanol–water partition coefficient (Wildman–Crippen LogP) is 3.17. The van der Waals surface area contributed by atoms with Crippen LogP contribution in [0.25, 0.3) is 0 Å². The fraction of sp³-hybridized carbons (Fsp3) is 0.300. The maximum atomic E-state index is 12.3. The highest BCUT2D eigenvalue weighted by molar-refractivity contribution is 6.01. The third-order valence-electron chi connectivity index (χ3n) is 4.50. The minimum absolute atomic E-state index is 0.109.